The smallest absolute Gasteiger partial charge is 0.208 e. The van der Waals surface area contributed by atoms with Gasteiger partial charge in [0.15, 0.2) is 5.82 Å². The van der Waals surface area contributed by atoms with Crippen LogP contribution in [0.2, 0.25) is 0 Å². The van der Waals surface area contributed by atoms with E-state index in [0.29, 0.717) is 0 Å². The Morgan fingerprint density at radius 2 is 1.94 bits per heavy atom. The molecule has 1 N–H and O–H groups in total. The molecule has 0 aliphatic heterocycles. The molecule has 96 valence electrons. The minimum atomic E-state index is 0.852. The average molecular weight is 261 g/mol. The lowest BCUT2D eigenvalue weighted by atomic mass is 10.2. The lowest BCUT2D eigenvalue weighted by Gasteiger charge is -1.96. The van der Waals surface area contributed by atoms with Crippen molar-refractivity contribution in [2.24, 2.45) is 0 Å². The van der Waals surface area contributed by atoms with Crippen LogP contribution in [0.15, 0.2) is 35.5 Å². The number of aromatic amines is 1. The van der Waals surface area contributed by atoms with Crippen LogP contribution in [0.3, 0.4) is 0 Å². The highest BCUT2D eigenvalue weighted by Gasteiger charge is 2.05. The zero-order valence-electron chi connectivity index (χ0n) is 10.7. The first kappa shape index (κ1) is 13.1. The van der Waals surface area contributed by atoms with Crippen LogP contribution in [0.25, 0.3) is 11.4 Å². The van der Waals surface area contributed by atoms with E-state index < -0.39 is 0 Å². The van der Waals surface area contributed by atoms with Gasteiger partial charge in [-0.1, -0.05) is 68.3 Å². The van der Waals surface area contributed by atoms with E-state index in [0.717, 1.165) is 22.3 Å². The summed E-state index contributed by atoms with van der Waals surface area (Å²) in [5.41, 5.74) is 1.09. The largest absolute Gasteiger partial charge is 0.258 e. The molecule has 0 fully saturated rings. The Morgan fingerprint density at radius 3 is 2.72 bits per heavy atom. The van der Waals surface area contributed by atoms with E-state index in [2.05, 4.69) is 22.1 Å². The highest BCUT2D eigenvalue weighted by atomic mass is 32.2. The van der Waals surface area contributed by atoms with Crippen LogP contribution in [0.1, 0.15) is 32.6 Å². The number of nitrogens with zero attached hydrogens (tertiary/aromatic N) is 2. The van der Waals surface area contributed by atoms with Gasteiger partial charge >= 0.3 is 0 Å². The maximum Gasteiger partial charge on any atom is 0.208 e. The third-order valence-electron chi connectivity index (χ3n) is 2.74. The maximum absolute atomic E-state index is 4.49. The molecular formula is C14H19N3S. The normalized spacial score (nSPS) is 10.7. The third-order valence-corrected chi connectivity index (χ3v) is 3.67. The Labute approximate surface area is 112 Å². The first-order valence-electron chi connectivity index (χ1n) is 6.51. The van der Waals surface area contributed by atoms with Gasteiger partial charge in [0.25, 0.3) is 0 Å². The molecule has 1 aromatic carbocycles. The van der Waals surface area contributed by atoms with Crippen molar-refractivity contribution < 1.29 is 0 Å². The van der Waals surface area contributed by atoms with Crippen molar-refractivity contribution in [3.05, 3.63) is 30.3 Å². The maximum atomic E-state index is 4.49. The molecule has 0 unspecified atom stereocenters. The van der Waals surface area contributed by atoms with Gasteiger partial charge < -0.3 is 0 Å². The molecule has 18 heavy (non-hydrogen) atoms. The highest BCUT2D eigenvalue weighted by Crippen LogP contribution is 2.19. The van der Waals surface area contributed by atoms with Crippen LogP contribution in [0.4, 0.5) is 0 Å². The van der Waals surface area contributed by atoms with E-state index in [1.807, 2.05) is 30.3 Å². The number of H-pyrrole nitrogens is 1. The fourth-order valence-electron chi connectivity index (χ4n) is 1.73. The third kappa shape index (κ3) is 3.88. The van der Waals surface area contributed by atoms with Crippen molar-refractivity contribution in [1.29, 1.82) is 0 Å². The van der Waals surface area contributed by atoms with Crippen LogP contribution in [-0.2, 0) is 0 Å². The first-order valence-corrected chi connectivity index (χ1v) is 7.49. The Kier molecular flexibility index (Phi) is 5.27. The number of unbranched alkanes of at least 4 members (excludes halogenated alkanes) is 3. The average Bonchev–Trinajstić information content (AvgIpc) is 2.88. The minimum Gasteiger partial charge on any atom is -0.258 e. The van der Waals surface area contributed by atoms with Gasteiger partial charge in [-0.2, -0.15) is 0 Å². The SMILES string of the molecule is CCCCCCSc1n[nH]c(-c2ccccc2)n1. The van der Waals surface area contributed by atoms with Crippen molar-refractivity contribution in [3.63, 3.8) is 0 Å². The summed E-state index contributed by atoms with van der Waals surface area (Å²) in [5.74, 6) is 1.96. The topological polar surface area (TPSA) is 41.6 Å². The fraction of sp³-hybridized carbons (Fsp3) is 0.429. The van der Waals surface area contributed by atoms with Crippen molar-refractivity contribution in [2.75, 3.05) is 5.75 Å². The molecule has 4 heteroatoms. The number of aromatic nitrogens is 3. The number of rotatable bonds is 7. The number of hydrogen-bond acceptors (Lipinski definition) is 3. The Bertz CT molecular complexity index is 453. The highest BCUT2D eigenvalue weighted by molar-refractivity contribution is 7.99. The molecule has 1 aromatic heterocycles. The molecule has 2 rings (SSSR count). The van der Waals surface area contributed by atoms with E-state index >= 15 is 0 Å². The van der Waals surface area contributed by atoms with Crippen LogP contribution in [0, 0.1) is 0 Å². The van der Waals surface area contributed by atoms with Gasteiger partial charge in [0.1, 0.15) is 0 Å². The molecule has 0 bridgehead atoms. The van der Waals surface area contributed by atoms with Gasteiger partial charge in [-0.05, 0) is 6.42 Å². The summed E-state index contributed by atoms with van der Waals surface area (Å²) in [7, 11) is 0. The predicted octanol–water partition coefficient (Wildman–Crippen LogP) is 4.14. The molecule has 0 saturated heterocycles. The molecule has 2 aromatic rings. The van der Waals surface area contributed by atoms with E-state index in [1.165, 1.54) is 25.7 Å². The standard InChI is InChI=1S/C14H19N3S/c1-2-3-4-8-11-18-14-15-13(16-17-14)12-9-6-5-7-10-12/h5-7,9-10H,2-4,8,11H2,1H3,(H,15,16,17). The molecule has 3 nitrogen and oxygen atoms in total. The van der Waals surface area contributed by atoms with Gasteiger partial charge in [0.2, 0.25) is 5.16 Å². The van der Waals surface area contributed by atoms with E-state index in [-0.39, 0.29) is 0 Å². The molecule has 0 saturated carbocycles. The minimum absolute atomic E-state index is 0.852. The molecule has 0 radical (unpaired) electrons. The second-order valence-electron chi connectivity index (χ2n) is 4.24. The second-order valence-corrected chi connectivity index (χ2v) is 5.30. The Balaban J connectivity index is 1.83. The van der Waals surface area contributed by atoms with Crippen molar-refractivity contribution >= 4 is 11.8 Å². The van der Waals surface area contributed by atoms with E-state index in [4.69, 9.17) is 0 Å². The number of benzene rings is 1. The molecule has 0 spiro atoms. The van der Waals surface area contributed by atoms with Gasteiger partial charge in [-0.3, -0.25) is 5.10 Å². The summed E-state index contributed by atoms with van der Waals surface area (Å²) >= 11 is 1.73. The molecule has 0 aliphatic carbocycles. The van der Waals surface area contributed by atoms with Gasteiger partial charge in [0.05, 0.1) is 0 Å². The zero-order chi connectivity index (χ0) is 12.6. The van der Waals surface area contributed by atoms with E-state index in [1.54, 1.807) is 11.8 Å². The summed E-state index contributed by atoms with van der Waals surface area (Å²) in [6, 6.07) is 10.1. The summed E-state index contributed by atoms with van der Waals surface area (Å²) in [6.07, 6.45) is 5.15. The number of nitrogens with one attached hydrogen (secondary N) is 1. The van der Waals surface area contributed by atoms with Crippen molar-refractivity contribution in [3.8, 4) is 11.4 Å². The van der Waals surface area contributed by atoms with Gasteiger partial charge in [0, 0.05) is 11.3 Å². The lowest BCUT2D eigenvalue weighted by molar-refractivity contribution is 0.706. The zero-order valence-corrected chi connectivity index (χ0v) is 11.5. The predicted molar refractivity (Wildman–Crippen MR) is 76.7 cm³/mol. The van der Waals surface area contributed by atoms with Crippen molar-refractivity contribution in [1.82, 2.24) is 15.2 Å². The Morgan fingerprint density at radius 1 is 1.11 bits per heavy atom. The number of thioether (sulfide) groups is 1. The summed E-state index contributed by atoms with van der Waals surface area (Å²) < 4.78 is 0. The molecule has 0 aliphatic rings. The first-order chi connectivity index (χ1) is 8.90. The van der Waals surface area contributed by atoms with Crippen molar-refractivity contribution in [2.45, 2.75) is 37.8 Å². The lowest BCUT2D eigenvalue weighted by Crippen LogP contribution is -1.83. The molecular weight excluding hydrogens is 242 g/mol. The quantitative estimate of drug-likeness (QED) is 0.601. The second kappa shape index (κ2) is 7.21. The van der Waals surface area contributed by atoms with Crippen LogP contribution in [0.5, 0.6) is 0 Å². The Hall–Kier alpha value is -1.29. The van der Waals surface area contributed by atoms with Gasteiger partial charge in [-0.25, -0.2) is 4.98 Å². The fourth-order valence-corrected chi connectivity index (χ4v) is 2.53. The summed E-state index contributed by atoms with van der Waals surface area (Å²) in [6.45, 7) is 2.23. The summed E-state index contributed by atoms with van der Waals surface area (Å²) in [5, 5.41) is 8.08. The number of hydrogen-bond donors (Lipinski definition) is 1. The molecule has 1 heterocycles. The van der Waals surface area contributed by atoms with Crippen LogP contribution >= 0.6 is 11.8 Å². The van der Waals surface area contributed by atoms with Crippen LogP contribution < -0.4 is 0 Å². The van der Waals surface area contributed by atoms with Gasteiger partial charge in [-0.15, -0.1) is 5.10 Å². The molecule has 0 amide bonds. The van der Waals surface area contributed by atoms with E-state index in [9.17, 15) is 0 Å². The van der Waals surface area contributed by atoms with Crippen LogP contribution in [-0.4, -0.2) is 20.9 Å². The monoisotopic (exact) mass is 261 g/mol. The summed E-state index contributed by atoms with van der Waals surface area (Å²) in [4.78, 5) is 4.49. The molecule has 0 atom stereocenters.